The summed E-state index contributed by atoms with van der Waals surface area (Å²) in [7, 11) is 0. The highest BCUT2D eigenvalue weighted by molar-refractivity contribution is 5.80. The van der Waals surface area contributed by atoms with E-state index in [-0.39, 0.29) is 11.4 Å². The van der Waals surface area contributed by atoms with Crippen LogP contribution in [0.25, 0.3) is 0 Å². The standard InChI is InChI=1S/C10H17NO2/c1-7(12)9(13)11-10-4-2-8(6-10)3-5-10/h7-8,12H,2-6H2,1H3,(H,11,13)/t7-,8?,10?/m1/s1. The van der Waals surface area contributed by atoms with Gasteiger partial charge in [0.2, 0.25) is 5.91 Å². The van der Waals surface area contributed by atoms with E-state index in [4.69, 9.17) is 5.11 Å². The van der Waals surface area contributed by atoms with Gasteiger partial charge in [0, 0.05) is 5.54 Å². The number of carbonyl (C=O) groups is 1. The van der Waals surface area contributed by atoms with Gasteiger partial charge in [-0.05, 0) is 44.9 Å². The van der Waals surface area contributed by atoms with Crippen molar-refractivity contribution in [1.29, 1.82) is 0 Å². The van der Waals surface area contributed by atoms with E-state index in [2.05, 4.69) is 5.32 Å². The summed E-state index contributed by atoms with van der Waals surface area (Å²) in [5.41, 5.74) is 0.0543. The third-order valence-corrected chi connectivity index (χ3v) is 3.51. The first-order chi connectivity index (χ1) is 6.11. The molecule has 3 heteroatoms. The molecule has 0 aromatic rings. The van der Waals surface area contributed by atoms with Crippen LogP contribution in [0.1, 0.15) is 39.0 Å². The van der Waals surface area contributed by atoms with Crippen molar-refractivity contribution in [2.45, 2.75) is 50.7 Å². The van der Waals surface area contributed by atoms with Crippen LogP contribution in [0.4, 0.5) is 0 Å². The van der Waals surface area contributed by atoms with Crippen LogP contribution in [0.5, 0.6) is 0 Å². The van der Waals surface area contributed by atoms with Crippen molar-refractivity contribution < 1.29 is 9.90 Å². The van der Waals surface area contributed by atoms with Gasteiger partial charge in [0.15, 0.2) is 0 Å². The summed E-state index contributed by atoms with van der Waals surface area (Å²) in [4.78, 5) is 11.3. The highest BCUT2D eigenvalue weighted by atomic mass is 16.3. The highest BCUT2D eigenvalue weighted by Gasteiger charge is 2.45. The maximum atomic E-state index is 11.3. The molecule has 2 N–H and O–H groups in total. The molecule has 0 aromatic heterocycles. The molecule has 13 heavy (non-hydrogen) atoms. The number of carbonyl (C=O) groups excluding carboxylic acids is 1. The van der Waals surface area contributed by atoms with E-state index in [1.165, 1.54) is 19.8 Å². The minimum Gasteiger partial charge on any atom is -0.384 e. The van der Waals surface area contributed by atoms with Gasteiger partial charge in [-0.3, -0.25) is 4.79 Å². The number of rotatable bonds is 2. The fourth-order valence-electron chi connectivity index (χ4n) is 2.73. The summed E-state index contributed by atoms with van der Waals surface area (Å²) in [6.07, 6.45) is 4.98. The average molecular weight is 183 g/mol. The lowest BCUT2D eigenvalue weighted by Crippen LogP contribution is -2.48. The first-order valence-electron chi connectivity index (χ1n) is 5.11. The fraction of sp³-hybridized carbons (Fsp3) is 0.900. The summed E-state index contributed by atoms with van der Waals surface area (Å²) in [5.74, 6) is 0.622. The zero-order chi connectivity index (χ0) is 9.47. The molecular formula is C10H17NO2. The molecular weight excluding hydrogens is 166 g/mol. The van der Waals surface area contributed by atoms with Gasteiger partial charge in [-0.1, -0.05) is 0 Å². The molecule has 0 radical (unpaired) electrons. The Labute approximate surface area is 78.5 Å². The van der Waals surface area contributed by atoms with Crippen LogP contribution in [0.15, 0.2) is 0 Å². The molecule has 2 fully saturated rings. The van der Waals surface area contributed by atoms with Gasteiger partial charge < -0.3 is 10.4 Å². The molecule has 0 aromatic carbocycles. The Morgan fingerprint density at radius 2 is 2.15 bits per heavy atom. The molecule has 1 atom stereocenters. The zero-order valence-electron chi connectivity index (χ0n) is 8.05. The molecule has 0 saturated heterocycles. The van der Waals surface area contributed by atoms with Crippen LogP contribution >= 0.6 is 0 Å². The Hall–Kier alpha value is -0.570. The number of amides is 1. The molecule has 0 unspecified atom stereocenters. The number of nitrogens with one attached hydrogen (secondary N) is 1. The SMILES string of the molecule is C[C@@H](O)C(=O)NC12CCC(CC1)C2. The Balaban J connectivity index is 1.97. The van der Waals surface area contributed by atoms with Crippen molar-refractivity contribution in [2.75, 3.05) is 0 Å². The van der Waals surface area contributed by atoms with Crippen molar-refractivity contribution in [3.8, 4) is 0 Å². The molecule has 2 aliphatic rings. The second kappa shape index (κ2) is 2.98. The lowest BCUT2D eigenvalue weighted by Gasteiger charge is -2.28. The number of fused-ring (bicyclic) bond motifs is 2. The van der Waals surface area contributed by atoms with Gasteiger partial charge in [-0.15, -0.1) is 0 Å². The molecule has 2 saturated carbocycles. The summed E-state index contributed by atoms with van der Waals surface area (Å²) in [5, 5.41) is 12.1. The van der Waals surface area contributed by atoms with Crippen molar-refractivity contribution in [3.63, 3.8) is 0 Å². The highest BCUT2D eigenvalue weighted by Crippen LogP contribution is 2.47. The monoisotopic (exact) mass is 183 g/mol. The van der Waals surface area contributed by atoms with E-state index in [0.29, 0.717) is 0 Å². The van der Waals surface area contributed by atoms with E-state index >= 15 is 0 Å². The lowest BCUT2D eigenvalue weighted by molar-refractivity contribution is -0.130. The third kappa shape index (κ3) is 1.57. The fourth-order valence-corrected chi connectivity index (χ4v) is 2.73. The van der Waals surface area contributed by atoms with Crippen LogP contribution in [0.2, 0.25) is 0 Å². The second-order valence-corrected chi connectivity index (χ2v) is 4.59. The van der Waals surface area contributed by atoms with Crippen molar-refractivity contribution >= 4 is 5.91 Å². The molecule has 0 spiro atoms. The molecule has 0 heterocycles. The normalized spacial score (nSPS) is 39.1. The van der Waals surface area contributed by atoms with Gasteiger partial charge in [-0.2, -0.15) is 0 Å². The lowest BCUT2D eigenvalue weighted by atomic mass is 9.93. The van der Waals surface area contributed by atoms with E-state index < -0.39 is 6.10 Å². The number of hydrogen-bond acceptors (Lipinski definition) is 2. The first-order valence-corrected chi connectivity index (χ1v) is 5.11. The largest absolute Gasteiger partial charge is 0.384 e. The van der Waals surface area contributed by atoms with Gasteiger partial charge in [0.1, 0.15) is 6.10 Å². The molecule has 1 amide bonds. The van der Waals surface area contributed by atoms with Crippen LogP contribution in [-0.4, -0.2) is 22.7 Å². The van der Waals surface area contributed by atoms with Crippen LogP contribution in [-0.2, 0) is 4.79 Å². The Kier molecular flexibility index (Phi) is 2.06. The maximum Gasteiger partial charge on any atom is 0.248 e. The minimum atomic E-state index is -0.867. The predicted octanol–water partition coefficient (Wildman–Crippen LogP) is 0.816. The molecule has 2 bridgehead atoms. The van der Waals surface area contributed by atoms with Crippen molar-refractivity contribution in [3.05, 3.63) is 0 Å². The number of aliphatic hydroxyl groups is 1. The maximum absolute atomic E-state index is 11.3. The van der Waals surface area contributed by atoms with Gasteiger partial charge in [-0.25, -0.2) is 0 Å². The van der Waals surface area contributed by atoms with Gasteiger partial charge >= 0.3 is 0 Å². The second-order valence-electron chi connectivity index (χ2n) is 4.59. The third-order valence-electron chi connectivity index (χ3n) is 3.51. The topological polar surface area (TPSA) is 49.3 Å². The minimum absolute atomic E-state index is 0.0543. The van der Waals surface area contributed by atoms with Gasteiger partial charge in [0.25, 0.3) is 0 Å². The van der Waals surface area contributed by atoms with E-state index in [1.54, 1.807) is 0 Å². The van der Waals surface area contributed by atoms with E-state index in [1.807, 2.05) is 0 Å². The molecule has 3 nitrogen and oxygen atoms in total. The number of aliphatic hydroxyl groups excluding tert-OH is 1. The smallest absolute Gasteiger partial charge is 0.248 e. The molecule has 0 aliphatic heterocycles. The summed E-state index contributed by atoms with van der Waals surface area (Å²) in [6, 6.07) is 0. The van der Waals surface area contributed by atoms with Gasteiger partial charge in [0.05, 0.1) is 0 Å². The number of hydrogen-bond donors (Lipinski definition) is 2. The van der Waals surface area contributed by atoms with E-state index in [9.17, 15) is 4.79 Å². The Morgan fingerprint density at radius 3 is 2.54 bits per heavy atom. The van der Waals surface area contributed by atoms with Crippen molar-refractivity contribution in [2.24, 2.45) is 5.92 Å². The van der Waals surface area contributed by atoms with Crippen LogP contribution in [0, 0.1) is 5.92 Å². The molecule has 74 valence electrons. The average Bonchev–Trinajstić information content (AvgIpc) is 2.62. The summed E-state index contributed by atoms with van der Waals surface area (Å²) < 4.78 is 0. The summed E-state index contributed by atoms with van der Waals surface area (Å²) >= 11 is 0. The van der Waals surface area contributed by atoms with Crippen LogP contribution in [0.3, 0.4) is 0 Å². The van der Waals surface area contributed by atoms with E-state index in [0.717, 1.165) is 25.2 Å². The van der Waals surface area contributed by atoms with Crippen LogP contribution < -0.4 is 5.32 Å². The summed E-state index contributed by atoms with van der Waals surface area (Å²) in [6.45, 7) is 1.52. The Morgan fingerprint density at radius 1 is 1.54 bits per heavy atom. The predicted molar refractivity (Wildman–Crippen MR) is 49.1 cm³/mol. The van der Waals surface area contributed by atoms with Crippen molar-refractivity contribution in [1.82, 2.24) is 5.32 Å². The quantitative estimate of drug-likeness (QED) is 0.665. The Bertz CT molecular complexity index is 217. The molecule has 2 aliphatic carbocycles. The molecule has 2 rings (SSSR count). The zero-order valence-corrected chi connectivity index (χ0v) is 8.05. The first kappa shape index (κ1) is 9.00.